The lowest BCUT2D eigenvalue weighted by molar-refractivity contribution is -0.384. The molecule has 4 rings (SSSR count). The van der Waals surface area contributed by atoms with E-state index in [1.165, 1.54) is 23.5 Å². The highest BCUT2D eigenvalue weighted by Crippen LogP contribution is 2.26. The van der Waals surface area contributed by atoms with Gasteiger partial charge < -0.3 is 15.2 Å². The number of benzene rings is 2. The van der Waals surface area contributed by atoms with Crippen LogP contribution < -0.4 is 5.32 Å². The number of carbonyl (C=O) groups is 3. The van der Waals surface area contributed by atoms with Crippen LogP contribution in [-0.2, 0) is 33.9 Å². The van der Waals surface area contributed by atoms with E-state index in [-0.39, 0.29) is 24.5 Å². The summed E-state index contributed by atoms with van der Waals surface area (Å²) in [4.78, 5) is 52.2. The minimum Gasteiger partial charge on any atom is -0.481 e. The molecule has 1 amide bonds. The first kappa shape index (κ1) is 27.0. The summed E-state index contributed by atoms with van der Waals surface area (Å²) in [7, 11) is 0. The van der Waals surface area contributed by atoms with Crippen molar-refractivity contribution < 1.29 is 29.2 Å². The van der Waals surface area contributed by atoms with Crippen molar-refractivity contribution in [1.29, 1.82) is 0 Å². The van der Waals surface area contributed by atoms with Gasteiger partial charge in [0.1, 0.15) is 24.2 Å². The number of aliphatic carboxylic acids is 1. The second kappa shape index (κ2) is 12.5. The number of ether oxygens (including phenoxy) is 1. The number of aromatic nitrogens is 5. The van der Waals surface area contributed by atoms with Crippen LogP contribution >= 0.6 is 11.3 Å². The average molecular weight is 552 g/mol. The van der Waals surface area contributed by atoms with E-state index >= 15 is 0 Å². The maximum absolute atomic E-state index is 12.7. The fraction of sp³-hybridized carbons (Fsp3) is 0.208. The number of carboxylic acid groups (broad SMARTS) is 1. The summed E-state index contributed by atoms with van der Waals surface area (Å²) in [6.45, 7) is -0.477. The molecule has 0 fully saturated rings. The number of tetrazole rings is 1. The number of nitrogens with zero attached hydrogens (tertiary/aromatic N) is 6. The molecule has 2 aromatic heterocycles. The normalized spacial score (nSPS) is 11.5. The molecule has 1 unspecified atom stereocenters. The topological polar surface area (TPSA) is 192 Å². The Morgan fingerprint density at radius 3 is 2.69 bits per heavy atom. The number of hydrogen-bond donors (Lipinski definition) is 2. The molecule has 2 heterocycles. The van der Waals surface area contributed by atoms with Gasteiger partial charge in [0.05, 0.1) is 23.5 Å². The van der Waals surface area contributed by atoms with Crippen molar-refractivity contribution >= 4 is 34.9 Å². The zero-order valence-electron chi connectivity index (χ0n) is 20.2. The van der Waals surface area contributed by atoms with Crippen LogP contribution in [0.4, 0.5) is 10.5 Å². The number of carboxylic acids is 1. The summed E-state index contributed by atoms with van der Waals surface area (Å²) in [5.74, 6) is -1.68. The van der Waals surface area contributed by atoms with Gasteiger partial charge in [-0.25, -0.2) is 9.78 Å². The Labute approximate surface area is 224 Å². The van der Waals surface area contributed by atoms with Gasteiger partial charge in [-0.1, -0.05) is 42.5 Å². The van der Waals surface area contributed by atoms with E-state index in [4.69, 9.17) is 4.74 Å². The number of ketones is 1. The summed E-state index contributed by atoms with van der Waals surface area (Å²) in [6, 6.07) is 13.6. The third-order valence-electron chi connectivity index (χ3n) is 5.28. The monoisotopic (exact) mass is 551 g/mol. The fourth-order valence-electron chi connectivity index (χ4n) is 3.43. The number of carbonyl (C=O) groups excluding carboxylic acids is 2. The van der Waals surface area contributed by atoms with Crippen molar-refractivity contribution in [3.05, 3.63) is 86.5 Å². The van der Waals surface area contributed by atoms with E-state index in [1.807, 2.05) is 6.07 Å². The lowest BCUT2D eigenvalue weighted by atomic mass is 10.1. The van der Waals surface area contributed by atoms with Crippen molar-refractivity contribution in [1.82, 2.24) is 30.5 Å². The number of nitrogens with one attached hydrogen (secondary N) is 1. The first-order valence-electron chi connectivity index (χ1n) is 11.4. The Hall–Kier alpha value is -5.05. The summed E-state index contributed by atoms with van der Waals surface area (Å²) in [5.41, 5.74) is 1.83. The zero-order valence-corrected chi connectivity index (χ0v) is 21.0. The van der Waals surface area contributed by atoms with Gasteiger partial charge in [0.2, 0.25) is 0 Å². The standard InChI is InChI=1S/C24H21N7O7S/c32-20(18(10-23(33)34)26-24(35)38-13-15-5-2-1-3-6-15)12-30-28-21(27-29-30)11-22-25-19(14-39-22)16-7-4-8-17(9-16)31(36)37/h1-9,14,18H,10-13H2,(H,26,35)(H,33,34). The van der Waals surface area contributed by atoms with Gasteiger partial charge >= 0.3 is 12.1 Å². The molecule has 14 nitrogen and oxygen atoms in total. The van der Waals surface area contributed by atoms with Gasteiger partial charge in [0.25, 0.3) is 5.69 Å². The number of thiazole rings is 1. The maximum Gasteiger partial charge on any atom is 0.408 e. The van der Waals surface area contributed by atoms with Gasteiger partial charge in [-0.15, -0.1) is 21.5 Å². The van der Waals surface area contributed by atoms with E-state index in [9.17, 15) is 29.6 Å². The molecule has 1 atom stereocenters. The fourth-order valence-corrected chi connectivity index (χ4v) is 4.23. The molecular weight excluding hydrogens is 530 g/mol. The molecule has 0 saturated heterocycles. The third kappa shape index (κ3) is 7.72. The van der Waals surface area contributed by atoms with Crippen LogP contribution in [0.25, 0.3) is 11.3 Å². The van der Waals surface area contributed by atoms with Gasteiger partial charge in [-0.3, -0.25) is 19.7 Å². The lowest BCUT2D eigenvalue weighted by Gasteiger charge is -2.15. The summed E-state index contributed by atoms with van der Waals surface area (Å²) in [6.07, 6.45) is -1.40. The Balaban J connectivity index is 1.35. The van der Waals surface area contributed by atoms with Crippen LogP contribution in [-0.4, -0.2) is 59.1 Å². The molecular formula is C24H21N7O7S. The molecule has 39 heavy (non-hydrogen) atoms. The van der Waals surface area contributed by atoms with Gasteiger partial charge in [-0.05, 0) is 10.8 Å². The molecule has 200 valence electrons. The van der Waals surface area contributed by atoms with Crippen LogP contribution in [0.15, 0.2) is 60.0 Å². The van der Waals surface area contributed by atoms with Crippen LogP contribution in [0.5, 0.6) is 0 Å². The minimum absolute atomic E-state index is 0.0449. The molecule has 0 bridgehead atoms. The van der Waals surface area contributed by atoms with Gasteiger partial charge in [0.15, 0.2) is 11.6 Å². The van der Waals surface area contributed by atoms with Crippen LogP contribution in [0, 0.1) is 10.1 Å². The molecule has 0 saturated carbocycles. The predicted octanol–water partition coefficient (Wildman–Crippen LogP) is 2.63. The first-order valence-corrected chi connectivity index (χ1v) is 12.3. The average Bonchev–Trinajstić information content (AvgIpc) is 3.57. The zero-order chi connectivity index (χ0) is 27.8. The Morgan fingerprint density at radius 2 is 1.95 bits per heavy atom. The van der Waals surface area contributed by atoms with Crippen LogP contribution in [0.3, 0.4) is 0 Å². The molecule has 0 radical (unpaired) electrons. The highest BCUT2D eigenvalue weighted by Gasteiger charge is 2.25. The molecule has 2 aromatic carbocycles. The van der Waals surface area contributed by atoms with Gasteiger partial charge in [0, 0.05) is 23.1 Å². The summed E-state index contributed by atoms with van der Waals surface area (Å²) in [5, 5.41) is 36.7. The maximum atomic E-state index is 12.7. The third-order valence-corrected chi connectivity index (χ3v) is 6.13. The first-order chi connectivity index (χ1) is 18.8. The second-order valence-electron chi connectivity index (χ2n) is 8.17. The number of non-ortho nitro benzene ring substituents is 1. The van der Waals surface area contributed by atoms with Crippen molar-refractivity contribution in [2.45, 2.75) is 32.0 Å². The molecule has 0 aliphatic carbocycles. The number of nitro benzene ring substituents is 1. The number of rotatable bonds is 12. The predicted molar refractivity (Wildman–Crippen MR) is 136 cm³/mol. The summed E-state index contributed by atoms with van der Waals surface area (Å²) >= 11 is 1.31. The highest BCUT2D eigenvalue weighted by atomic mass is 32.1. The van der Waals surface area contributed by atoms with E-state index in [1.54, 1.807) is 41.8 Å². The largest absolute Gasteiger partial charge is 0.481 e. The minimum atomic E-state index is -1.36. The number of hydrogen-bond acceptors (Lipinski definition) is 11. The van der Waals surface area contributed by atoms with Crippen molar-refractivity contribution in [3.8, 4) is 11.3 Å². The quantitative estimate of drug-likeness (QED) is 0.194. The number of alkyl carbamates (subject to hydrolysis) is 1. The molecule has 0 aliphatic rings. The molecule has 0 spiro atoms. The lowest BCUT2D eigenvalue weighted by Crippen LogP contribution is -2.44. The van der Waals surface area contributed by atoms with Crippen LogP contribution in [0.2, 0.25) is 0 Å². The molecule has 2 N–H and O–H groups in total. The smallest absolute Gasteiger partial charge is 0.408 e. The van der Waals surface area contributed by atoms with E-state index in [0.29, 0.717) is 16.3 Å². The van der Waals surface area contributed by atoms with E-state index in [2.05, 4.69) is 25.7 Å². The Morgan fingerprint density at radius 1 is 1.15 bits per heavy atom. The summed E-state index contributed by atoms with van der Waals surface area (Å²) < 4.78 is 5.08. The number of amides is 1. The van der Waals surface area contributed by atoms with Gasteiger partial charge in [-0.2, -0.15) is 4.80 Å². The van der Waals surface area contributed by atoms with Crippen molar-refractivity contribution in [2.75, 3.05) is 0 Å². The molecule has 0 aliphatic heterocycles. The van der Waals surface area contributed by atoms with Crippen molar-refractivity contribution in [3.63, 3.8) is 0 Å². The van der Waals surface area contributed by atoms with Crippen molar-refractivity contribution in [2.24, 2.45) is 0 Å². The molecule has 4 aromatic rings. The van der Waals surface area contributed by atoms with E-state index < -0.39 is 41.8 Å². The highest BCUT2D eigenvalue weighted by molar-refractivity contribution is 7.10. The molecule has 15 heteroatoms. The second-order valence-corrected chi connectivity index (χ2v) is 9.11. The number of nitro groups is 1. The van der Waals surface area contributed by atoms with Crippen LogP contribution in [0.1, 0.15) is 22.8 Å². The SMILES string of the molecule is O=C(O)CC(NC(=O)OCc1ccccc1)C(=O)Cn1nnc(Cc2nc(-c3cccc([N+](=O)[O-])c3)cs2)n1. The Bertz CT molecular complexity index is 1490. The van der Waals surface area contributed by atoms with E-state index in [0.717, 1.165) is 10.4 Å². The number of Topliss-reactive ketones (excluding diaryl/α,β-unsaturated/α-hetero) is 1. The Kier molecular flexibility index (Phi) is 8.63.